The second-order valence-electron chi connectivity index (χ2n) is 25.6. The fraction of sp³-hybridized carbons (Fsp3) is 0.944. The second kappa shape index (κ2) is 65.7. The van der Waals surface area contributed by atoms with E-state index in [1.165, 1.54) is 199 Å². The smallest absolute Gasteiger partial charge is 0.462 e. The molecule has 0 heterocycles. The summed E-state index contributed by atoms with van der Waals surface area (Å²) in [7, 11) is -9.89. The van der Waals surface area contributed by atoms with E-state index < -0.39 is 97.5 Å². The van der Waals surface area contributed by atoms with Crippen LogP contribution in [0.15, 0.2) is 0 Å². The number of carbonyl (C=O) groups excluding carboxylic acids is 4. The van der Waals surface area contributed by atoms with E-state index in [4.69, 9.17) is 37.0 Å². The maximum Gasteiger partial charge on any atom is 0.472 e. The monoisotopic (exact) mass is 1320 g/mol. The number of carbonyl (C=O) groups is 4. The van der Waals surface area contributed by atoms with Gasteiger partial charge >= 0.3 is 39.5 Å². The molecule has 0 aliphatic carbocycles. The molecule has 0 spiro atoms. The van der Waals surface area contributed by atoms with Crippen LogP contribution >= 0.6 is 15.6 Å². The number of unbranched alkanes of at least 4 members (excludes halogenated alkanes) is 46. The molecule has 0 bridgehead atoms. The lowest BCUT2D eigenvalue weighted by Crippen LogP contribution is -2.30. The molecule has 0 aromatic rings. The quantitative estimate of drug-likeness (QED) is 0.0222. The number of aliphatic hydroxyl groups is 1. The molecule has 0 fully saturated rings. The van der Waals surface area contributed by atoms with E-state index in [2.05, 4.69) is 27.7 Å². The van der Waals surface area contributed by atoms with Crippen molar-refractivity contribution in [3.05, 3.63) is 0 Å². The summed E-state index contributed by atoms with van der Waals surface area (Å²) in [5.41, 5.74) is 0. The summed E-state index contributed by atoms with van der Waals surface area (Å²) in [4.78, 5) is 72.3. The summed E-state index contributed by atoms with van der Waals surface area (Å²) < 4.78 is 68.1. The Balaban J connectivity index is 5.12. The number of rotatable bonds is 72. The summed E-state index contributed by atoms with van der Waals surface area (Å²) >= 11 is 0. The third kappa shape index (κ3) is 64.8. The first-order valence-corrected chi connectivity index (χ1v) is 40.3. The molecule has 19 heteroatoms. The van der Waals surface area contributed by atoms with Crippen molar-refractivity contribution in [2.24, 2.45) is 0 Å². The van der Waals surface area contributed by atoms with Gasteiger partial charge in [-0.15, -0.1) is 0 Å². The second-order valence-corrected chi connectivity index (χ2v) is 28.5. The Hall–Kier alpha value is -1.94. The zero-order chi connectivity index (χ0) is 66.1. The molecule has 0 radical (unpaired) electrons. The average Bonchev–Trinajstić information content (AvgIpc) is 3.68. The minimum atomic E-state index is -4.95. The predicted molar refractivity (Wildman–Crippen MR) is 363 cm³/mol. The first-order chi connectivity index (χ1) is 43.7. The van der Waals surface area contributed by atoms with Gasteiger partial charge in [-0.25, -0.2) is 9.13 Å². The molecular formula is C71H138O17P2. The minimum absolute atomic E-state index is 0.107. The first kappa shape index (κ1) is 88.1. The largest absolute Gasteiger partial charge is 0.472 e. The van der Waals surface area contributed by atoms with Gasteiger partial charge in [0.1, 0.15) is 19.3 Å². The molecule has 5 atom stereocenters. The molecule has 17 nitrogen and oxygen atoms in total. The van der Waals surface area contributed by atoms with Crippen LogP contribution in [-0.2, 0) is 65.4 Å². The predicted octanol–water partition coefficient (Wildman–Crippen LogP) is 20.7. The van der Waals surface area contributed by atoms with Crippen LogP contribution in [0.4, 0.5) is 0 Å². The highest BCUT2D eigenvalue weighted by atomic mass is 31.2. The maximum absolute atomic E-state index is 13.0. The summed E-state index contributed by atoms with van der Waals surface area (Å²) in [6.45, 7) is 4.86. The van der Waals surface area contributed by atoms with Gasteiger partial charge in [-0.1, -0.05) is 323 Å². The topological polar surface area (TPSA) is 237 Å². The normalized spacial score (nSPS) is 14.0. The Morgan fingerprint density at radius 3 is 0.656 bits per heavy atom. The van der Waals surface area contributed by atoms with Gasteiger partial charge in [-0.3, -0.25) is 37.3 Å². The maximum atomic E-state index is 13.0. The third-order valence-corrected chi connectivity index (χ3v) is 18.5. The van der Waals surface area contributed by atoms with Gasteiger partial charge < -0.3 is 33.8 Å². The molecule has 0 saturated carbocycles. The number of phosphoric acid groups is 2. The number of hydrogen-bond donors (Lipinski definition) is 3. The van der Waals surface area contributed by atoms with Gasteiger partial charge in [0, 0.05) is 25.7 Å². The molecule has 0 aliphatic heterocycles. The summed E-state index contributed by atoms with van der Waals surface area (Å²) in [6, 6.07) is 0. The van der Waals surface area contributed by atoms with Gasteiger partial charge in [-0.05, 0) is 25.7 Å². The molecule has 2 unspecified atom stereocenters. The summed E-state index contributed by atoms with van der Waals surface area (Å²) in [5.74, 6) is -2.13. The van der Waals surface area contributed by atoms with Crippen molar-refractivity contribution in [3.8, 4) is 0 Å². The van der Waals surface area contributed by atoms with Crippen LogP contribution < -0.4 is 0 Å². The average molecular weight is 1330 g/mol. The van der Waals surface area contributed by atoms with E-state index in [1.807, 2.05) is 0 Å². The van der Waals surface area contributed by atoms with Crippen molar-refractivity contribution >= 4 is 39.5 Å². The van der Waals surface area contributed by atoms with E-state index in [0.29, 0.717) is 25.7 Å². The van der Waals surface area contributed by atoms with Crippen molar-refractivity contribution in [2.75, 3.05) is 39.6 Å². The molecule has 0 saturated heterocycles. The lowest BCUT2D eigenvalue weighted by molar-refractivity contribution is -0.161. The third-order valence-electron chi connectivity index (χ3n) is 16.6. The zero-order valence-corrected chi connectivity index (χ0v) is 59.9. The van der Waals surface area contributed by atoms with Gasteiger partial charge in [0.15, 0.2) is 12.2 Å². The molecule has 0 aromatic carbocycles. The van der Waals surface area contributed by atoms with E-state index in [0.717, 1.165) is 96.3 Å². The standard InChI is InChI=1S/C71H138O17P2/c1-5-9-13-17-20-23-26-29-30-31-32-33-34-35-37-40-43-46-50-54-58-71(76)88-67(62-82-69(74)56-52-48-44-41-39-36-27-24-21-18-14-10-6-2)64-86-90(79,80)84-60-65(72)59-83-89(77,78)85-63-66(61-81-68(73)55-51-47-16-12-8-4)87-70(75)57-53-49-45-42-38-28-25-22-19-15-11-7-3/h65-67,72H,5-64H2,1-4H3,(H,77,78)(H,79,80)/t65-,66+,67+/m0/s1. The van der Waals surface area contributed by atoms with Crippen LogP contribution in [0.25, 0.3) is 0 Å². The number of phosphoric ester groups is 2. The lowest BCUT2D eigenvalue weighted by atomic mass is 10.0. The van der Waals surface area contributed by atoms with Crippen LogP contribution in [0.3, 0.4) is 0 Å². The highest BCUT2D eigenvalue weighted by Gasteiger charge is 2.30. The van der Waals surface area contributed by atoms with Crippen LogP contribution in [0.1, 0.15) is 374 Å². The van der Waals surface area contributed by atoms with Crippen LogP contribution in [0.2, 0.25) is 0 Å². The van der Waals surface area contributed by atoms with E-state index in [1.54, 1.807) is 0 Å². The van der Waals surface area contributed by atoms with Gasteiger partial charge in [-0.2, -0.15) is 0 Å². The highest BCUT2D eigenvalue weighted by molar-refractivity contribution is 7.47. The summed E-state index contributed by atoms with van der Waals surface area (Å²) in [5, 5.41) is 10.6. The van der Waals surface area contributed by atoms with Crippen LogP contribution in [-0.4, -0.2) is 96.7 Å². The van der Waals surface area contributed by atoms with Crippen molar-refractivity contribution in [1.82, 2.24) is 0 Å². The number of aliphatic hydroxyl groups excluding tert-OH is 1. The van der Waals surface area contributed by atoms with Crippen LogP contribution in [0.5, 0.6) is 0 Å². The molecule has 0 aliphatic rings. The number of hydrogen-bond acceptors (Lipinski definition) is 15. The van der Waals surface area contributed by atoms with Gasteiger partial charge in [0.25, 0.3) is 0 Å². The fourth-order valence-corrected chi connectivity index (χ4v) is 12.4. The number of esters is 4. The molecule has 0 rings (SSSR count). The zero-order valence-electron chi connectivity index (χ0n) is 58.1. The Labute approximate surface area is 549 Å². The minimum Gasteiger partial charge on any atom is -0.462 e. The van der Waals surface area contributed by atoms with E-state index in [-0.39, 0.29) is 25.7 Å². The van der Waals surface area contributed by atoms with E-state index in [9.17, 15) is 43.2 Å². The first-order valence-electron chi connectivity index (χ1n) is 37.3. The Morgan fingerprint density at radius 1 is 0.267 bits per heavy atom. The fourth-order valence-electron chi connectivity index (χ4n) is 10.9. The molecular weight excluding hydrogens is 1190 g/mol. The Bertz CT molecular complexity index is 1720. The number of ether oxygens (including phenoxy) is 4. The van der Waals surface area contributed by atoms with E-state index >= 15 is 0 Å². The van der Waals surface area contributed by atoms with Crippen molar-refractivity contribution < 1.29 is 80.2 Å². The van der Waals surface area contributed by atoms with Crippen LogP contribution in [0, 0.1) is 0 Å². The van der Waals surface area contributed by atoms with Gasteiger partial charge in [0.05, 0.1) is 26.4 Å². The molecule has 3 N–H and O–H groups in total. The van der Waals surface area contributed by atoms with Crippen molar-refractivity contribution in [2.45, 2.75) is 393 Å². The Kier molecular flexibility index (Phi) is 64.3. The molecule has 0 aromatic heterocycles. The van der Waals surface area contributed by atoms with Crippen molar-refractivity contribution in [3.63, 3.8) is 0 Å². The Morgan fingerprint density at radius 2 is 0.444 bits per heavy atom. The SMILES string of the molecule is CCCCCCCCCCCCCCCCCCCCCCC(=O)O[C@H](COC(=O)CCCCCCCCCCCCCCC)COP(=O)(O)OC[C@@H](O)COP(=O)(O)OC[C@@H](COC(=O)CCCCCCC)OC(=O)CCCCCCCCCCCCCC. The molecule has 90 heavy (non-hydrogen) atoms. The highest BCUT2D eigenvalue weighted by Crippen LogP contribution is 2.45. The molecule has 0 amide bonds. The van der Waals surface area contributed by atoms with Gasteiger partial charge in [0.2, 0.25) is 0 Å². The summed E-state index contributed by atoms with van der Waals surface area (Å²) in [6.07, 6.45) is 54.5. The van der Waals surface area contributed by atoms with Crippen molar-refractivity contribution in [1.29, 1.82) is 0 Å². The lowest BCUT2D eigenvalue weighted by Gasteiger charge is -2.21. The molecule has 534 valence electrons.